The topological polar surface area (TPSA) is 102 Å². The maximum atomic E-state index is 11.7. The number of thiazole rings is 1. The number of piperidine rings is 1. The Hall–Kier alpha value is -3.89. The minimum absolute atomic E-state index is 0.335. The van der Waals surface area contributed by atoms with E-state index in [1.54, 1.807) is 17.8 Å². The highest BCUT2D eigenvalue weighted by Crippen LogP contribution is 2.37. The van der Waals surface area contributed by atoms with Crippen molar-refractivity contribution in [2.24, 2.45) is 4.99 Å². The Labute approximate surface area is 232 Å². The van der Waals surface area contributed by atoms with Gasteiger partial charge in [0.1, 0.15) is 11.6 Å². The van der Waals surface area contributed by atoms with Crippen LogP contribution in [0.1, 0.15) is 36.9 Å². The molecule has 39 heavy (non-hydrogen) atoms. The molecule has 9 nitrogen and oxygen atoms in total. The smallest absolute Gasteiger partial charge is 0.410 e. The quantitative estimate of drug-likeness (QED) is 0.280. The van der Waals surface area contributed by atoms with Gasteiger partial charge in [-0.25, -0.2) is 14.8 Å². The summed E-state index contributed by atoms with van der Waals surface area (Å²) in [6.07, 6.45) is 7.03. The van der Waals surface area contributed by atoms with Crippen molar-refractivity contribution in [3.05, 3.63) is 88.6 Å². The minimum Gasteiger partial charge on any atom is -0.493 e. The molecule has 0 radical (unpaired) electrons. The Morgan fingerprint density at radius 3 is 2.72 bits per heavy atom. The van der Waals surface area contributed by atoms with Crippen molar-refractivity contribution in [2.45, 2.75) is 38.0 Å². The van der Waals surface area contributed by atoms with Crippen LogP contribution in [0.5, 0.6) is 5.75 Å². The third kappa shape index (κ3) is 6.76. The van der Waals surface area contributed by atoms with E-state index in [4.69, 9.17) is 9.73 Å². The van der Waals surface area contributed by atoms with Crippen molar-refractivity contribution in [1.29, 1.82) is 0 Å². The number of likely N-dealkylation sites (tertiary alicyclic amines) is 1. The summed E-state index contributed by atoms with van der Waals surface area (Å²) < 4.78 is 6.12. The Morgan fingerprint density at radius 1 is 1.10 bits per heavy atom. The molecule has 0 aliphatic carbocycles. The molecule has 1 unspecified atom stereocenters. The number of anilines is 1. The van der Waals surface area contributed by atoms with Gasteiger partial charge in [-0.05, 0) is 50.6 Å². The number of ether oxygens (including phenoxy) is 1. The van der Waals surface area contributed by atoms with Crippen molar-refractivity contribution in [2.75, 3.05) is 31.6 Å². The monoisotopic (exact) mass is 546 g/mol. The van der Waals surface area contributed by atoms with Crippen LogP contribution in [-0.4, -0.2) is 58.4 Å². The summed E-state index contributed by atoms with van der Waals surface area (Å²) in [6, 6.07) is 17.6. The first-order valence-corrected chi connectivity index (χ1v) is 14.3. The molecule has 3 aromatic rings. The van der Waals surface area contributed by atoms with Gasteiger partial charge in [0.2, 0.25) is 5.79 Å². The largest absolute Gasteiger partial charge is 0.493 e. The van der Waals surface area contributed by atoms with Crippen LogP contribution < -0.4 is 15.4 Å². The SMILES string of the molecule is O=C(O)NC1=CC=NC(Nc2cccc(OCCCN3CCCCC3)c2)(c2ccccc2)N1Cc1cscn1. The number of hydrogen-bond acceptors (Lipinski definition) is 8. The molecule has 2 aliphatic heterocycles. The average molecular weight is 547 g/mol. The fourth-order valence-corrected chi connectivity index (χ4v) is 5.59. The number of aromatic nitrogens is 1. The highest BCUT2D eigenvalue weighted by molar-refractivity contribution is 7.07. The number of benzene rings is 2. The molecular weight excluding hydrogens is 512 g/mol. The maximum absolute atomic E-state index is 11.7. The Bertz CT molecular complexity index is 1280. The lowest BCUT2D eigenvalue weighted by molar-refractivity contribution is 0.134. The number of nitrogens with one attached hydrogen (secondary N) is 2. The molecule has 0 saturated carbocycles. The van der Waals surface area contributed by atoms with Crippen LogP contribution in [0, 0.1) is 0 Å². The molecule has 2 aliphatic rings. The van der Waals surface area contributed by atoms with E-state index in [0.29, 0.717) is 19.0 Å². The molecular formula is C29H34N6O3S. The fraction of sp³-hybridized carbons (Fsp3) is 0.345. The van der Waals surface area contributed by atoms with Gasteiger partial charge < -0.3 is 25.0 Å². The molecule has 1 fully saturated rings. The molecule has 0 spiro atoms. The van der Waals surface area contributed by atoms with Gasteiger partial charge in [0.05, 0.1) is 24.4 Å². The van der Waals surface area contributed by atoms with E-state index >= 15 is 0 Å². The molecule has 204 valence electrons. The van der Waals surface area contributed by atoms with Crippen LogP contribution in [0.15, 0.2) is 82.4 Å². The fourth-order valence-electron chi connectivity index (χ4n) is 5.04. The van der Waals surface area contributed by atoms with Crippen LogP contribution >= 0.6 is 11.3 Å². The standard InChI is InChI=1S/C29H34N6O3S/c36-28(37)32-27-13-14-31-29(23-9-3-1-4-10-23,35(27)20-25-21-39-22-30-25)33-24-11-7-12-26(19-24)38-18-8-17-34-15-5-2-6-16-34/h1,3-4,7,9-14,19,21-22,32-33H,2,5-6,8,15-18,20H2,(H,36,37). The van der Waals surface area contributed by atoms with Crippen LogP contribution in [0.2, 0.25) is 0 Å². The van der Waals surface area contributed by atoms with Gasteiger partial charge in [-0.15, -0.1) is 11.3 Å². The van der Waals surface area contributed by atoms with E-state index in [1.165, 1.54) is 43.7 Å². The predicted octanol–water partition coefficient (Wildman–Crippen LogP) is 5.32. The van der Waals surface area contributed by atoms with Crippen molar-refractivity contribution >= 4 is 29.3 Å². The number of amides is 1. The van der Waals surface area contributed by atoms with Crippen molar-refractivity contribution in [1.82, 2.24) is 20.1 Å². The molecule has 2 aromatic carbocycles. The van der Waals surface area contributed by atoms with Gasteiger partial charge in [-0.3, -0.25) is 5.32 Å². The second-order valence-electron chi connectivity index (χ2n) is 9.62. The van der Waals surface area contributed by atoms with Crippen molar-refractivity contribution < 1.29 is 14.6 Å². The Morgan fingerprint density at radius 2 is 1.95 bits per heavy atom. The maximum Gasteiger partial charge on any atom is 0.410 e. The zero-order chi connectivity index (χ0) is 26.9. The van der Waals surface area contributed by atoms with Crippen molar-refractivity contribution in [3.63, 3.8) is 0 Å². The molecule has 3 N–H and O–H groups in total. The van der Waals surface area contributed by atoms with Gasteiger partial charge in [0.25, 0.3) is 0 Å². The van der Waals surface area contributed by atoms with Gasteiger partial charge in [-0.2, -0.15) is 0 Å². The Kier molecular flexibility index (Phi) is 8.75. The lowest BCUT2D eigenvalue weighted by atomic mass is 10.0. The lowest BCUT2D eigenvalue weighted by Crippen LogP contribution is -2.54. The Balaban J connectivity index is 1.39. The molecule has 3 heterocycles. The molecule has 0 bridgehead atoms. The lowest BCUT2D eigenvalue weighted by Gasteiger charge is -2.45. The molecule has 1 saturated heterocycles. The zero-order valence-electron chi connectivity index (χ0n) is 21.8. The number of aliphatic imine (C=N–C) groups is 1. The van der Waals surface area contributed by atoms with E-state index in [1.807, 2.05) is 64.9 Å². The summed E-state index contributed by atoms with van der Waals surface area (Å²) in [5, 5.41) is 17.7. The summed E-state index contributed by atoms with van der Waals surface area (Å²) in [6.45, 7) is 4.41. The van der Waals surface area contributed by atoms with E-state index < -0.39 is 11.9 Å². The second-order valence-corrected chi connectivity index (χ2v) is 10.3. The number of allylic oxidation sites excluding steroid dienone is 1. The minimum atomic E-state index is -1.15. The average Bonchev–Trinajstić information content (AvgIpc) is 3.47. The number of carboxylic acid groups (broad SMARTS) is 1. The van der Waals surface area contributed by atoms with Crippen LogP contribution in [0.4, 0.5) is 10.5 Å². The van der Waals surface area contributed by atoms with Crippen LogP contribution in [0.25, 0.3) is 0 Å². The van der Waals surface area contributed by atoms with Crippen molar-refractivity contribution in [3.8, 4) is 5.75 Å². The molecule has 1 aromatic heterocycles. The van der Waals surface area contributed by atoms with E-state index in [2.05, 4.69) is 20.5 Å². The first-order chi connectivity index (χ1) is 19.1. The molecule has 10 heteroatoms. The van der Waals surface area contributed by atoms with E-state index in [0.717, 1.165) is 35.7 Å². The molecule has 1 amide bonds. The molecule has 1 atom stereocenters. The van der Waals surface area contributed by atoms with E-state index in [9.17, 15) is 9.90 Å². The van der Waals surface area contributed by atoms with Gasteiger partial charge in [-0.1, -0.05) is 42.8 Å². The second kappa shape index (κ2) is 12.8. The number of hydrogen-bond donors (Lipinski definition) is 3. The highest BCUT2D eigenvalue weighted by atomic mass is 32.1. The van der Waals surface area contributed by atoms with Crippen LogP contribution in [0.3, 0.4) is 0 Å². The summed E-state index contributed by atoms with van der Waals surface area (Å²) in [5.41, 5.74) is 4.22. The van der Waals surface area contributed by atoms with E-state index in [-0.39, 0.29) is 0 Å². The number of rotatable bonds is 11. The van der Waals surface area contributed by atoms with Gasteiger partial charge in [0.15, 0.2) is 0 Å². The summed E-state index contributed by atoms with van der Waals surface area (Å²) in [4.78, 5) is 25.5. The zero-order valence-corrected chi connectivity index (χ0v) is 22.6. The van der Waals surface area contributed by atoms with Gasteiger partial charge in [0, 0.05) is 35.5 Å². The summed E-state index contributed by atoms with van der Waals surface area (Å²) in [7, 11) is 0. The highest BCUT2D eigenvalue weighted by Gasteiger charge is 2.42. The normalized spacial score (nSPS) is 19.4. The number of carbonyl (C=O) groups is 1. The summed E-state index contributed by atoms with van der Waals surface area (Å²) in [5.74, 6) is 0.0312. The first kappa shape index (κ1) is 26.7. The van der Waals surface area contributed by atoms with Crippen LogP contribution in [-0.2, 0) is 12.3 Å². The predicted molar refractivity (Wildman–Crippen MR) is 154 cm³/mol. The molecule has 5 rings (SSSR count). The first-order valence-electron chi connectivity index (χ1n) is 13.3. The van der Waals surface area contributed by atoms with Gasteiger partial charge >= 0.3 is 6.09 Å². The number of nitrogens with zero attached hydrogens (tertiary/aromatic N) is 4. The summed E-state index contributed by atoms with van der Waals surface area (Å²) >= 11 is 1.49. The third-order valence-electron chi connectivity index (χ3n) is 6.88. The third-order valence-corrected chi connectivity index (χ3v) is 7.51.